The van der Waals surface area contributed by atoms with Crippen LogP contribution < -0.4 is 5.32 Å². The Morgan fingerprint density at radius 2 is 2.09 bits per heavy atom. The number of aliphatic carboxylic acids is 1. The second-order valence-corrected chi connectivity index (χ2v) is 11.8. The summed E-state index contributed by atoms with van der Waals surface area (Å²) in [7, 11) is 6.89. The number of carbonyl (C=O) groups is 2. The Morgan fingerprint density at radius 3 is 2.74 bits per heavy atom. The number of amides is 1. The molecule has 1 fully saturated rings. The smallest absolute Gasteiger partial charge is 0.326 e. The molecule has 1 amide bonds. The third-order valence-corrected chi connectivity index (χ3v) is 9.91. The van der Waals surface area contributed by atoms with Crippen LogP contribution in [0.1, 0.15) is 52.9 Å². The topological polar surface area (TPSA) is 66.4 Å². The summed E-state index contributed by atoms with van der Waals surface area (Å²) in [4.78, 5) is 23.7. The third kappa shape index (κ3) is 8.31. The Hall–Kier alpha value is 0.340. The van der Waals surface area contributed by atoms with Gasteiger partial charge in [0.1, 0.15) is 6.04 Å². The molecule has 0 saturated carbocycles. The van der Waals surface area contributed by atoms with Crippen LogP contribution in [0.4, 0.5) is 0 Å². The lowest BCUT2D eigenvalue weighted by molar-refractivity contribution is -0.142. The summed E-state index contributed by atoms with van der Waals surface area (Å²) in [5.41, 5.74) is 0. The van der Waals surface area contributed by atoms with E-state index in [1.54, 1.807) is 32.4 Å². The van der Waals surface area contributed by atoms with Crippen LogP contribution in [0, 0.1) is 0 Å². The van der Waals surface area contributed by atoms with Crippen molar-refractivity contribution in [3.05, 3.63) is 0 Å². The SMILES string of the molecule is CCCCCC1CSSC(C)(C)C(=O)NC(C(=O)O)CCSS1. The molecule has 0 aliphatic carbocycles. The summed E-state index contributed by atoms with van der Waals surface area (Å²) >= 11 is 0. The molecule has 0 spiro atoms. The van der Waals surface area contributed by atoms with Crippen molar-refractivity contribution in [2.75, 3.05) is 11.5 Å². The molecule has 0 radical (unpaired) electrons. The van der Waals surface area contributed by atoms with Crippen LogP contribution in [0.5, 0.6) is 0 Å². The van der Waals surface area contributed by atoms with Crippen molar-refractivity contribution in [1.29, 1.82) is 0 Å². The lowest BCUT2D eigenvalue weighted by atomic mass is 10.1. The Balaban J connectivity index is 2.67. The fourth-order valence-electron chi connectivity index (χ4n) is 1.98. The maximum Gasteiger partial charge on any atom is 0.326 e. The van der Waals surface area contributed by atoms with Crippen molar-refractivity contribution in [2.24, 2.45) is 0 Å². The molecule has 8 heteroatoms. The minimum atomic E-state index is -0.950. The first-order valence-electron chi connectivity index (χ1n) is 7.99. The summed E-state index contributed by atoms with van der Waals surface area (Å²) in [5, 5.41) is 12.5. The molecule has 134 valence electrons. The van der Waals surface area contributed by atoms with E-state index in [0.29, 0.717) is 11.7 Å². The first kappa shape index (κ1) is 21.4. The number of carboxylic acids is 1. The van der Waals surface area contributed by atoms with E-state index >= 15 is 0 Å². The standard InChI is InChI=1S/C15H27NO3S4/c1-4-5-6-7-11-10-21-23-15(2,3)14(19)16-12(13(17)18)8-9-20-22-11/h11-12H,4-10H2,1-3H3,(H,16,19)(H,17,18). The van der Waals surface area contributed by atoms with Gasteiger partial charge in [-0.05, 0) is 26.7 Å². The van der Waals surface area contributed by atoms with Gasteiger partial charge in [0.2, 0.25) is 5.91 Å². The molecular formula is C15H27NO3S4. The van der Waals surface area contributed by atoms with Gasteiger partial charge in [0.25, 0.3) is 0 Å². The van der Waals surface area contributed by atoms with E-state index in [2.05, 4.69) is 12.2 Å². The third-order valence-electron chi connectivity index (χ3n) is 3.50. The number of rotatable bonds is 5. The largest absolute Gasteiger partial charge is 0.480 e. The molecule has 2 N–H and O–H groups in total. The molecule has 1 aliphatic rings. The van der Waals surface area contributed by atoms with E-state index in [1.807, 2.05) is 24.6 Å². The highest BCUT2D eigenvalue weighted by Gasteiger charge is 2.33. The van der Waals surface area contributed by atoms with Gasteiger partial charge in [-0.25, -0.2) is 4.79 Å². The summed E-state index contributed by atoms with van der Waals surface area (Å²) in [6.45, 7) is 5.93. The maximum absolute atomic E-state index is 12.3. The molecule has 4 nitrogen and oxygen atoms in total. The average molecular weight is 398 g/mol. The minimum Gasteiger partial charge on any atom is -0.480 e. The number of unbranched alkanes of at least 4 members (excludes halogenated alkanes) is 2. The predicted octanol–water partition coefficient (Wildman–Crippen LogP) is 4.45. The van der Waals surface area contributed by atoms with Crippen molar-refractivity contribution in [1.82, 2.24) is 5.32 Å². The number of carboxylic acid groups (broad SMARTS) is 1. The van der Waals surface area contributed by atoms with E-state index in [0.717, 1.165) is 11.5 Å². The summed E-state index contributed by atoms with van der Waals surface area (Å²) in [6.07, 6.45) is 5.37. The molecular weight excluding hydrogens is 370 g/mol. The van der Waals surface area contributed by atoms with Gasteiger partial charge in [0, 0.05) is 16.8 Å². The molecule has 23 heavy (non-hydrogen) atoms. The van der Waals surface area contributed by atoms with E-state index in [1.165, 1.54) is 25.7 Å². The molecule has 1 saturated heterocycles. The predicted molar refractivity (Wildman–Crippen MR) is 106 cm³/mol. The van der Waals surface area contributed by atoms with Crippen LogP contribution in [-0.4, -0.2) is 44.5 Å². The molecule has 1 heterocycles. The van der Waals surface area contributed by atoms with Crippen LogP contribution in [0.15, 0.2) is 0 Å². The van der Waals surface area contributed by atoms with Crippen molar-refractivity contribution >= 4 is 55.1 Å². The second kappa shape index (κ2) is 11.1. The van der Waals surface area contributed by atoms with Gasteiger partial charge in [-0.15, -0.1) is 0 Å². The Bertz CT molecular complexity index is 393. The van der Waals surface area contributed by atoms with Gasteiger partial charge < -0.3 is 10.4 Å². The van der Waals surface area contributed by atoms with Crippen molar-refractivity contribution in [3.63, 3.8) is 0 Å². The Labute approximate surface area is 155 Å². The average Bonchev–Trinajstić information content (AvgIpc) is 2.48. The van der Waals surface area contributed by atoms with Crippen molar-refractivity contribution < 1.29 is 14.7 Å². The molecule has 2 atom stereocenters. The van der Waals surface area contributed by atoms with Crippen molar-refractivity contribution in [3.8, 4) is 0 Å². The van der Waals surface area contributed by atoms with Gasteiger partial charge >= 0.3 is 5.97 Å². The number of hydrogen-bond acceptors (Lipinski definition) is 6. The minimum absolute atomic E-state index is 0.192. The van der Waals surface area contributed by atoms with Gasteiger partial charge in [-0.3, -0.25) is 4.79 Å². The molecule has 0 aromatic heterocycles. The summed E-state index contributed by atoms with van der Waals surface area (Å²) in [6, 6.07) is -0.793. The molecule has 1 aliphatic heterocycles. The van der Waals surface area contributed by atoms with E-state index in [-0.39, 0.29) is 5.91 Å². The molecule has 2 unspecified atom stereocenters. The van der Waals surface area contributed by atoms with Gasteiger partial charge in [-0.1, -0.05) is 69.4 Å². The molecule has 0 bridgehead atoms. The summed E-state index contributed by atoms with van der Waals surface area (Å²) in [5.74, 6) is 0.618. The maximum atomic E-state index is 12.3. The fourth-order valence-corrected chi connectivity index (χ4v) is 8.11. The zero-order valence-electron chi connectivity index (χ0n) is 14.0. The molecule has 1 rings (SSSR count). The van der Waals surface area contributed by atoms with E-state index in [4.69, 9.17) is 0 Å². The monoisotopic (exact) mass is 397 g/mol. The number of hydrogen-bond donors (Lipinski definition) is 2. The first-order valence-corrected chi connectivity index (χ1v) is 12.7. The normalized spacial score (nSPS) is 26.7. The Kier molecular flexibility index (Phi) is 10.3. The lowest BCUT2D eigenvalue weighted by Gasteiger charge is -2.26. The summed E-state index contributed by atoms with van der Waals surface area (Å²) < 4.78 is -0.622. The van der Waals surface area contributed by atoms with Crippen LogP contribution in [0.2, 0.25) is 0 Å². The van der Waals surface area contributed by atoms with Gasteiger partial charge in [-0.2, -0.15) is 0 Å². The zero-order valence-corrected chi connectivity index (χ0v) is 17.3. The van der Waals surface area contributed by atoms with Crippen molar-refractivity contribution in [2.45, 2.75) is 68.9 Å². The second-order valence-electron chi connectivity index (χ2n) is 6.07. The fraction of sp³-hybridized carbons (Fsp3) is 0.867. The highest BCUT2D eigenvalue weighted by atomic mass is 33.1. The lowest BCUT2D eigenvalue weighted by Crippen LogP contribution is -2.48. The van der Waals surface area contributed by atoms with Crippen LogP contribution in [-0.2, 0) is 9.59 Å². The number of nitrogens with one attached hydrogen (secondary N) is 1. The van der Waals surface area contributed by atoms with Crippen LogP contribution in [0.25, 0.3) is 0 Å². The molecule has 0 aromatic rings. The van der Waals surface area contributed by atoms with Crippen LogP contribution >= 0.6 is 43.2 Å². The quantitative estimate of drug-likeness (QED) is 0.525. The zero-order chi connectivity index (χ0) is 17.3. The Morgan fingerprint density at radius 1 is 1.35 bits per heavy atom. The van der Waals surface area contributed by atoms with E-state index < -0.39 is 16.8 Å². The highest BCUT2D eigenvalue weighted by molar-refractivity contribution is 8.78. The molecule has 0 aromatic carbocycles. The van der Waals surface area contributed by atoms with Gasteiger partial charge in [0.15, 0.2) is 0 Å². The van der Waals surface area contributed by atoms with Gasteiger partial charge in [0.05, 0.1) is 4.75 Å². The first-order chi connectivity index (χ1) is 10.9. The van der Waals surface area contributed by atoms with Crippen LogP contribution in [0.3, 0.4) is 0 Å². The number of carbonyl (C=O) groups excluding carboxylic acids is 1. The highest BCUT2D eigenvalue weighted by Crippen LogP contribution is 2.41. The van der Waals surface area contributed by atoms with E-state index in [9.17, 15) is 14.7 Å².